The van der Waals surface area contributed by atoms with Gasteiger partial charge >= 0.3 is 6.18 Å². The first kappa shape index (κ1) is 19.7. The molecule has 2 rings (SSSR count). The fourth-order valence-corrected chi connectivity index (χ4v) is 3.39. The summed E-state index contributed by atoms with van der Waals surface area (Å²) >= 11 is 0. The van der Waals surface area contributed by atoms with Crippen molar-refractivity contribution < 1.29 is 31.1 Å². The number of halogens is 3. The summed E-state index contributed by atoms with van der Waals surface area (Å²) in [6, 6.07) is 0.0260. The van der Waals surface area contributed by atoms with E-state index in [0.717, 1.165) is 13.2 Å². The maximum atomic E-state index is 12.4. The quantitative estimate of drug-likeness (QED) is 0.773. The molecule has 0 unspecified atom stereocenters. The van der Waals surface area contributed by atoms with E-state index < -0.39 is 35.2 Å². The second kappa shape index (κ2) is 7.70. The highest BCUT2D eigenvalue weighted by molar-refractivity contribution is 7.89. The molecule has 2 heterocycles. The Balaban J connectivity index is 2.00. The third-order valence-electron chi connectivity index (χ3n) is 3.70. The number of nitrogens with one attached hydrogen (secondary N) is 1. The molecule has 1 aromatic rings. The van der Waals surface area contributed by atoms with Crippen LogP contribution in [0.25, 0.3) is 0 Å². The van der Waals surface area contributed by atoms with Crippen molar-refractivity contribution in [3.63, 3.8) is 0 Å². The standard InChI is InChI=1S/C13H19F3N4O4S/c1-19(8-12(21)17-9-13(14,15)16)25(22,23)11-6-18-20(7-11)10-2-4-24-5-3-10/h6-7,10H,2-5,8-9H2,1H3,(H,17,21). The van der Waals surface area contributed by atoms with Gasteiger partial charge in [0.05, 0.1) is 18.8 Å². The number of nitrogens with zero attached hydrogens (tertiary/aromatic N) is 3. The average Bonchev–Trinajstić information content (AvgIpc) is 3.04. The van der Waals surface area contributed by atoms with Crippen LogP contribution in [-0.2, 0) is 19.6 Å². The van der Waals surface area contributed by atoms with E-state index in [1.165, 1.54) is 10.9 Å². The number of carbonyl (C=O) groups excluding carboxylic acids is 1. The molecule has 8 nitrogen and oxygen atoms in total. The molecule has 1 N–H and O–H groups in total. The molecule has 12 heteroatoms. The highest BCUT2D eigenvalue weighted by atomic mass is 32.2. The molecule has 142 valence electrons. The van der Waals surface area contributed by atoms with Crippen LogP contribution in [-0.4, -0.2) is 67.9 Å². The Bertz CT molecular complexity index is 698. The van der Waals surface area contributed by atoms with Gasteiger partial charge in [0, 0.05) is 26.5 Å². The molecule has 25 heavy (non-hydrogen) atoms. The Morgan fingerprint density at radius 2 is 2.08 bits per heavy atom. The first-order valence-corrected chi connectivity index (χ1v) is 8.95. The first-order chi connectivity index (χ1) is 11.6. The average molecular weight is 384 g/mol. The Morgan fingerprint density at radius 1 is 1.44 bits per heavy atom. The lowest BCUT2D eigenvalue weighted by Crippen LogP contribution is -2.41. The number of hydrogen-bond donors (Lipinski definition) is 1. The second-order valence-corrected chi connectivity index (χ2v) is 7.70. The Kier molecular flexibility index (Phi) is 6.06. The van der Waals surface area contributed by atoms with E-state index in [9.17, 15) is 26.4 Å². The van der Waals surface area contributed by atoms with Crippen molar-refractivity contribution in [3.8, 4) is 0 Å². The van der Waals surface area contributed by atoms with Gasteiger partial charge in [-0.2, -0.15) is 22.6 Å². The predicted molar refractivity (Wildman–Crippen MR) is 80.2 cm³/mol. The molecule has 1 aromatic heterocycles. The molecule has 0 aliphatic carbocycles. The number of hydrogen-bond acceptors (Lipinski definition) is 5. The van der Waals surface area contributed by atoms with E-state index in [4.69, 9.17) is 4.74 Å². The molecule has 1 amide bonds. The Labute approximate surface area is 143 Å². The van der Waals surface area contributed by atoms with Crippen molar-refractivity contribution in [1.29, 1.82) is 0 Å². The number of sulfonamides is 1. The van der Waals surface area contributed by atoms with Crippen LogP contribution in [0.15, 0.2) is 17.3 Å². The summed E-state index contributed by atoms with van der Waals surface area (Å²) in [5.41, 5.74) is 0. The topological polar surface area (TPSA) is 93.5 Å². The van der Waals surface area contributed by atoms with Gasteiger partial charge in [-0.1, -0.05) is 0 Å². The normalized spacial score (nSPS) is 17.0. The van der Waals surface area contributed by atoms with Crippen molar-refractivity contribution in [2.24, 2.45) is 0 Å². The fraction of sp³-hybridized carbons (Fsp3) is 0.692. The van der Waals surface area contributed by atoms with Crippen molar-refractivity contribution in [2.75, 3.05) is 33.4 Å². The first-order valence-electron chi connectivity index (χ1n) is 7.51. The summed E-state index contributed by atoms with van der Waals surface area (Å²) < 4.78 is 68.5. The van der Waals surface area contributed by atoms with E-state index >= 15 is 0 Å². The third kappa shape index (κ3) is 5.41. The minimum Gasteiger partial charge on any atom is -0.381 e. The summed E-state index contributed by atoms with van der Waals surface area (Å²) in [4.78, 5) is 11.4. The Morgan fingerprint density at radius 3 is 2.68 bits per heavy atom. The Hall–Kier alpha value is -1.66. The molecule has 1 fully saturated rings. The zero-order valence-corrected chi connectivity index (χ0v) is 14.3. The van der Waals surface area contributed by atoms with E-state index in [0.29, 0.717) is 30.4 Å². The molecular weight excluding hydrogens is 365 g/mol. The predicted octanol–water partition coefficient (Wildman–Crippen LogP) is 0.534. The lowest BCUT2D eigenvalue weighted by Gasteiger charge is -2.22. The third-order valence-corrected chi connectivity index (χ3v) is 5.46. The smallest absolute Gasteiger partial charge is 0.381 e. The van der Waals surface area contributed by atoms with E-state index in [-0.39, 0.29) is 10.9 Å². The van der Waals surface area contributed by atoms with Crippen LogP contribution < -0.4 is 5.32 Å². The van der Waals surface area contributed by atoms with E-state index in [2.05, 4.69) is 5.10 Å². The number of amides is 1. The number of aromatic nitrogens is 2. The minimum absolute atomic E-state index is 0.0260. The number of rotatable bonds is 6. The molecule has 0 atom stereocenters. The summed E-state index contributed by atoms with van der Waals surface area (Å²) in [6.45, 7) is -1.11. The zero-order chi connectivity index (χ0) is 18.7. The van der Waals surface area contributed by atoms with Crippen molar-refractivity contribution in [3.05, 3.63) is 12.4 Å². The van der Waals surface area contributed by atoms with Gasteiger partial charge in [-0.15, -0.1) is 0 Å². The van der Waals surface area contributed by atoms with Crippen LogP contribution in [0.3, 0.4) is 0 Å². The lowest BCUT2D eigenvalue weighted by atomic mass is 10.1. The molecule has 0 saturated carbocycles. The van der Waals surface area contributed by atoms with Crippen LogP contribution in [0.2, 0.25) is 0 Å². The van der Waals surface area contributed by atoms with Crippen molar-refractivity contribution >= 4 is 15.9 Å². The van der Waals surface area contributed by atoms with Gasteiger partial charge in [-0.25, -0.2) is 8.42 Å². The van der Waals surface area contributed by atoms with Gasteiger partial charge in [0.25, 0.3) is 0 Å². The number of carbonyl (C=O) groups is 1. The maximum absolute atomic E-state index is 12.4. The second-order valence-electron chi connectivity index (χ2n) is 5.65. The van der Waals surface area contributed by atoms with Crippen LogP contribution >= 0.6 is 0 Å². The molecule has 1 saturated heterocycles. The highest BCUT2D eigenvalue weighted by Crippen LogP contribution is 2.22. The molecule has 0 aromatic carbocycles. The lowest BCUT2D eigenvalue weighted by molar-refractivity contribution is -0.138. The van der Waals surface area contributed by atoms with Gasteiger partial charge < -0.3 is 10.1 Å². The zero-order valence-electron chi connectivity index (χ0n) is 13.5. The summed E-state index contributed by atoms with van der Waals surface area (Å²) in [6.07, 6.45) is -0.629. The molecule has 1 aliphatic rings. The van der Waals surface area contributed by atoms with Crippen LogP contribution in [0.5, 0.6) is 0 Å². The van der Waals surface area contributed by atoms with Crippen LogP contribution in [0, 0.1) is 0 Å². The van der Waals surface area contributed by atoms with Crippen LogP contribution in [0.1, 0.15) is 18.9 Å². The van der Waals surface area contributed by atoms with E-state index in [1.807, 2.05) is 0 Å². The van der Waals surface area contributed by atoms with Gasteiger partial charge in [0.15, 0.2) is 0 Å². The number of alkyl halides is 3. The fourth-order valence-electron chi connectivity index (χ4n) is 2.33. The summed E-state index contributed by atoms with van der Waals surface area (Å²) in [5, 5.41) is 5.67. The van der Waals surface area contributed by atoms with Gasteiger partial charge in [0.2, 0.25) is 15.9 Å². The van der Waals surface area contributed by atoms with Gasteiger partial charge in [-0.05, 0) is 12.8 Å². The monoisotopic (exact) mass is 384 g/mol. The SMILES string of the molecule is CN(CC(=O)NCC(F)(F)F)S(=O)(=O)c1cnn(C2CCOCC2)c1. The van der Waals surface area contributed by atoms with Gasteiger partial charge in [-0.3, -0.25) is 9.48 Å². The van der Waals surface area contributed by atoms with Gasteiger partial charge in [0.1, 0.15) is 11.4 Å². The molecule has 0 spiro atoms. The number of likely N-dealkylation sites (N-methyl/N-ethyl adjacent to an activating group) is 1. The molecule has 0 bridgehead atoms. The minimum atomic E-state index is -4.56. The number of ether oxygens (including phenoxy) is 1. The summed E-state index contributed by atoms with van der Waals surface area (Å²) in [7, 11) is -2.91. The largest absolute Gasteiger partial charge is 0.405 e. The van der Waals surface area contributed by atoms with Crippen LogP contribution in [0.4, 0.5) is 13.2 Å². The van der Waals surface area contributed by atoms with Crippen molar-refractivity contribution in [1.82, 2.24) is 19.4 Å². The highest BCUT2D eigenvalue weighted by Gasteiger charge is 2.30. The summed E-state index contributed by atoms with van der Waals surface area (Å²) in [5.74, 6) is -1.04. The molecule has 1 aliphatic heterocycles. The molecular formula is C13H19F3N4O4S. The van der Waals surface area contributed by atoms with Crippen molar-refractivity contribution in [2.45, 2.75) is 30.0 Å². The maximum Gasteiger partial charge on any atom is 0.405 e. The molecule has 0 radical (unpaired) electrons. The van der Waals surface area contributed by atoms with E-state index in [1.54, 1.807) is 5.32 Å².